The van der Waals surface area contributed by atoms with Gasteiger partial charge >= 0.3 is 0 Å². The molecule has 1 aliphatic heterocycles. The van der Waals surface area contributed by atoms with E-state index in [9.17, 15) is 9.59 Å². The van der Waals surface area contributed by atoms with Gasteiger partial charge in [-0.2, -0.15) is 0 Å². The molecule has 0 unspecified atom stereocenters. The van der Waals surface area contributed by atoms with Crippen LogP contribution in [0.4, 0.5) is 0 Å². The third-order valence-electron chi connectivity index (χ3n) is 5.17. The first-order valence-electron chi connectivity index (χ1n) is 10.5. The number of unbranched alkanes of at least 4 members (excludes halogenated alkanes) is 3. The molecule has 5 heteroatoms. The lowest BCUT2D eigenvalue weighted by molar-refractivity contribution is -0.145. The number of aryl methyl sites for hydroxylation is 1. The van der Waals surface area contributed by atoms with E-state index < -0.39 is 0 Å². The molecule has 0 spiro atoms. The number of β-lactam (4-membered cyclic amide) rings is 1. The molecule has 2 aromatic carbocycles. The molecule has 1 saturated heterocycles. The van der Waals surface area contributed by atoms with Gasteiger partial charge in [-0.1, -0.05) is 73.5 Å². The Morgan fingerprint density at radius 1 is 0.931 bits per heavy atom. The highest BCUT2D eigenvalue weighted by Crippen LogP contribution is 2.31. The summed E-state index contributed by atoms with van der Waals surface area (Å²) in [5.41, 5.74) is 2.63. The fraction of sp³-hybridized carbons (Fsp3) is 0.417. The number of amides is 2. The molecule has 154 valence electrons. The second-order valence-electron chi connectivity index (χ2n) is 7.48. The summed E-state index contributed by atoms with van der Waals surface area (Å²) < 4.78 is 0. The predicted octanol–water partition coefficient (Wildman–Crippen LogP) is 4.40. The minimum atomic E-state index is -0.0485. The van der Waals surface area contributed by atoms with Gasteiger partial charge in [-0.25, -0.2) is 0 Å². The zero-order valence-corrected chi connectivity index (χ0v) is 17.7. The van der Waals surface area contributed by atoms with Crippen LogP contribution in [0.3, 0.4) is 0 Å². The number of nitrogens with zero attached hydrogens (tertiary/aromatic N) is 1. The van der Waals surface area contributed by atoms with Gasteiger partial charge in [-0.3, -0.25) is 9.59 Å². The van der Waals surface area contributed by atoms with Crippen LogP contribution in [0.2, 0.25) is 0 Å². The summed E-state index contributed by atoms with van der Waals surface area (Å²) in [5, 5.41) is 3.08. The van der Waals surface area contributed by atoms with E-state index in [-0.39, 0.29) is 23.7 Å². The predicted molar refractivity (Wildman–Crippen MR) is 119 cm³/mol. The largest absolute Gasteiger partial charge is 0.355 e. The molecule has 0 bridgehead atoms. The molecule has 29 heavy (non-hydrogen) atoms. The molecule has 1 aliphatic rings. The summed E-state index contributed by atoms with van der Waals surface area (Å²) in [6, 6.07) is 20.8. The Morgan fingerprint density at radius 3 is 2.28 bits per heavy atom. The lowest BCUT2D eigenvalue weighted by Crippen LogP contribution is -2.54. The van der Waals surface area contributed by atoms with Crippen molar-refractivity contribution in [2.75, 3.05) is 13.1 Å². The Labute approximate surface area is 178 Å². The van der Waals surface area contributed by atoms with Crippen LogP contribution >= 0.6 is 11.8 Å². The molecule has 0 radical (unpaired) electrons. The molecule has 0 aliphatic carbocycles. The summed E-state index contributed by atoms with van der Waals surface area (Å²) in [6.45, 7) is 0.868. The van der Waals surface area contributed by atoms with Gasteiger partial charge in [0.15, 0.2) is 0 Å². The van der Waals surface area contributed by atoms with Crippen LogP contribution in [0.15, 0.2) is 60.7 Å². The summed E-state index contributed by atoms with van der Waals surface area (Å²) in [4.78, 5) is 25.8. The number of hydrogen-bond donors (Lipinski definition) is 1. The first-order valence-corrected chi connectivity index (χ1v) is 11.5. The van der Waals surface area contributed by atoms with Gasteiger partial charge in [0.2, 0.25) is 11.8 Å². The maximum atomic E-state index is 12.2. The van der Waals surface area contributed by atoms with Crippen LogP contribution in [0, 0.1) is 0 Å². The molecular formula is C24H30N2O2S. The fourth-order valence-corrected chi connectivity index (χ4v) is 4.63. The third kappa shape index (κ3) is 7.24. The molecular weight excluding hydrogens is 380 g/mol. The topological polar surface area (TPSA) is 49.4 Å². The van der Waals surface area contributed by atoms with Gasteiger partial charge in [0.25, 0.3) is 0 Å². The van der Waals surface area contributed by atoms with Crippen molar-refractivity contribution in [1.29, 1.82) is 0 Å². The number of nitrogens with one attached hydrogen (secondary N) is 1. The number of rotatable bonds is 12. The first-order chi connectivity index (χ1) is 14.2. The van der Waals surface area contributed by atoms with E-state index in [1.807, 2.05) is 24.3 Å². The smallest absolute Gasteiger partial charge is 0.239 e. The Kier molecular flexibility index (Phi) is 8.62. The molecule has 4 nitrogen and oxygen atoms in total. The van der Waals surface area contributed by atoms with Gasteiger partial charge in [0.05, 0.1) is 11.8 Å². The van der Waals surface area contributed by atoms with Gasteiger partial charge in [0, 0.05) is 12.3 Å². The normalized spacial score (nSPS) is 15.8. The minimum Gasteiger partial charge on any atom is -0.355 e. The van der Waals surface area contributed by atoms with Crippen molar-refractivity contribution in [3.05, 3.63) is 71.8 Å². The van der Waals surface area contributed by atoms with E-state index in [0.717, 1.165) is 25.0 Å². The lowest BCUT2D eigenvalue weighted by Gasteiger charge is -2.39. The number of thioether (sulfide) groups is 1. The van der Waals surface area contributed by atoms with E-state index in [2.05, 4.69) is 41.7 Å². The van der Waals surface area contributed by atoms with Crippen molar-refractivity contribution >= 4 is 23.6 Å². The minimum absolute atomic E-state index is 0.0485. The standard InChI is InChI=1S/C24H30N2O2S/c27-22(25-16-10-2-1-5-11-20-12-6-3-7-13-20)18-26-23(28)17-24(26)29-19-21-14-8-4-9-15-21/h3-4,6-9,12-15,24H,1-2,5,10-11,16-19H2,(H,25,27)/t24-/m1/s1. The summed E-state index contributed by atoms with van der Waals surface area (Å²) in [7, 11) is 0. The first kappa shape index (κ1) is 21.4. The number of benzene rings is 2. The SMILES string of the molecule is O=C(CN1C(=O)C[C@H]1SCc1ccccc1)NCCCCCCc1ccccc1. The maximum absolute atomic E-state index is 12.2. The molecule has 3 rings (SSSR count). The van der Waals surface area contributed by atoms with Crippen LogP contribution in [0.5, 0.6) is 0 Å². The van der Waals surface area contributed by atoms with Crippen LogP contribution in [0.1, 0.15) is 43.2 Å². The zero-order chi connectivity index (χ0) is 20.3. The van der Waals surface area contributed by atoms with Crippen molar-refractivity contribution in [3.8, 4) is 0 Å². The van der Waals surface area contributed by atoms with E-state index in [4.69, 9.17) is 0 Å². The highest BCUT2D eigenvalue weighted by atomic mass is 32.2. The average molecular weight is 411 g/mol. The van der Waals surface area contributed by atoms with Crippen molar-refractivity contribution < 1.29 is 9.59 Å². The second kappa shape index (κ2) is 11.7. The molecule has 2 amide bonds. The Morgan fingerprint density at radius 2 is 1.59 bits per heavy atom. The lowest BCUT2D eigenvalue weighted by atomic mass is 10.1. The molecule has 1 N–H and O–H groups in total. The molecule has 1 atom stereocenters. The Bertz CT molecular complexity index is 767. The Hall–Kier alpha value is -2.27. The molecule has 0 aromatic heterocycles. The fourth-order valence-electron chi connectivity index (χ4n) is 3.42. The highest BCUT2D eigenvalue weighted by Gasteiger charge is 2.37. The summed E-state index contributed by atoms with van der Waals surface area (Å²) >= 11 is 1.73. The van der Waals surface area contributed by atoms with Crippen LogP contribution < -0.4 is 5.32 Å². The van der Waals surface area contributed by atoms with Gasteiger partial charge in [-0.05, 0) is 30.4 Å². The third-order valence-corrected chi connectivity index (χ3v) is 6.48. The van der Waals surface area contributed by atoms with Crippen molar-refractivity contribution in [1.82, 2.24) is 10.2 Å². The van der Waals surface area contributed by atoms with Crippen molar-refractivity contribution in [2.45, 2.75) is 49.7 Å². The number of likely N-dealkylation sites (tertiary alicyclic amines) is 1. The van der Waals surface area contributed by atoms with E-state index >= 15 is 0 Å². The highest BCUT2D eigenvalue weighted by molar-refractivity contribution is 7.99. The zero-order valence-electron chi connectivity index (χ0n) is 16.9. The van der Waals surface area contributed by atoms with Gasteiger partial charge in [-0.15, -0.1) is 11.8 Å². The van der Waals surface area contributed by atoms with Crippen LogP contribution in [0.25, 0.3) is 0 Å². The van der Waals surface area contributed by atoms with Gasteiger partial charge in [0.1, 0.15) is 6.54 Å². The molecule has 1 heterocycles. The quantitative estimate of drug-likeness (QED) is 0.417. The van der Waals surface area contributed by atoms with Crippen LogP contribution in [-0.4, -0.2) is 35.2 Å². The number of carbonyl (C=O) groups is 2. The summed E-state index contributed by atoms with van der Waals surface area (Å²) in [6.07, 6.45) is 6.11. The maximum Gasteiger partial charge on any atom is 0.239 e. The van der Waals surface area contributed by atoms with Crippen molar-refractivity contribution in [3.63, 3.8) is 0 Å². The number of carbonyl (C=O) groups excluding carboxylic acids is 2. The number of hydrogen-bond acceptors (Lipinski definition) is 3. The van der Waals surface area contributed by atoms with E-state index in [0.29, 0.717) is 13.0 Å². The Balaban J connectivity index is 1.24. The van der Waals surface area contributed by atoms with Crippen molar-refractivity contribution in [2.24, 2.45) is 0 Å². The van der Waals surface area contributed by atoms with Gasteiger partial charge < -0.3 is 10.2 Å². The monoisotopic (exact) mass is 410 g/mol. The van der Waals surface area contributed by atoms with E-state index in [1.165, 1.54) is 24.0 Å². The second-order valence-corrected chi connectivity index (χ2v) is 8.64. The summed E-state index contributed by atoms with van der Waals surface area (Å²) in [5.74, 6) is 0.888. The van der Waals surface area contributed by atoms with E-state index in [1.54, 1.807) is 16.7 Å². The molecule has 0 saturated carbocycles. The average Bonchev–Trinajstić information content (AvgIpc) is 2.75. The molecule has 2 aromatic rings. The molecule has 1 fully saturated rings. The van der Waals surface area contributed by atoms with Crippen LogP contribution in [-0.2, 0) is 21.8 Å².